The quantitative estimate of drug-likeness (QED) is 0.129. The van der Waals surface area contributed by atoms with Crippen LogP contribution in [0.3, 0.4) is 0 Å². The maximum Gasteiger partial charge on any atom is 0.337 e. The molecule has 12 heteroatoms. The first-order valence-corrected chi connectivity index (χ1v) is 20.4. The lowest BCUT2D eigenvalue weighted by Crippen LogP contribution is -2.00. The lowest BCUT2D eigenvalue weighted by atomic mass is 10.1. The summed E-state index contributed by atoms with van der Waals surface area (Å²) in [4.78, 5) is 70.8. The number of benzene rings is 4. The molecule has 13 aromatic rings. The summed E-state index contributed by atoms with van der Waals surface area (Å²) in [5.41, 5.74) is 7.57. The molecule has 0 radical (unpaired) electrons. The number of hydrogen-bond donors (Lipinski definition) is 2. The highest BCUT2D eigenvalue weighted by molar-refractivity contribution is 6.46. The zero-order chi connectivity index (χ0) is 43.4. The van der Waals surface area contributed by atoms with Crippen molar-refractivity contribution in [2.45, 2.75) is 0 Å². The summed E-state index contributed by atoms with van der Waals surface area (Å²) in [5.74, 6) is -1.87. The number of nitrogens with zero attached hydrogens (tertiary/aromatic N) is 2. The van der Waals surface area contributed by atoms with Gasteiger partial charge in [-0.05, 0) is 116 Å². The van der Waals surface area contributed by atoms with Crippen LogP contribution in [0.5, 0.6) is 0 Å². The van der Waals surface area contributed by atoms with Gasteiger partial charge in [0.1, 0.15) is 0 Å². The van der Waals surface area contributed by atoms with Crippen molar-refractivity contribution in [2.75, 3.05) is 28.4 Å². The largest absolute Gasteiger partial charge is 0.465 e. The molecule has 8 bridgehead atoms. The summed E-state index contributed by atoms with van der Waals surface area (Å²) in [6, 6.07) is 30.3. The highest BCUT2D eigenvalue weighted by Crippen LogP contribution is 2.50. The van der Waals surface area contributed by atoms with E-state index < -0.39 is 23.9 Å². The Kier molecular flexibility index (Phi) is 7.03. The zero-order valence-electron chi connectivity index (χ0n) is 34.4. The second-order valence-corrected chi connectivity index (χ2v) is 16.2. The third-order valence-electron chi connectivity index (χ3n) is 13.2. The molecule has 5 heterocycles. The molecular weight excluding hydrogens is 809 g/mol. The highest BCUT2D eigenvalue weighted by atomic mass is 16.5. The van der Waals surface area contributed by atoms with E-state index in [1.54, 1.807) is 24.3 Å². The van der Waals surface area contributed by atoms with Crippen LogP contribution in [0.1, 0.15) is 41.4 Å². The smallest absolute Gasteiger partial charge is 0.337 e. The van der Waals surface area contributed by atoms with Crippen LogP contribution in [-0.2, 0) is 18.9 Å². The lowest BCUT2D eigenvalue weighted by molar-refractivity contribution is 0.0592. The van der Waals surface area contributed by atoms with Crippen molar-refractivity contribution < 1.29 is 38.1 Å². The molecule has 0 atom stereocenters. The molecule has 12 nitrogen and oxygen atoms in total. The molecule has 0 aliphatic heterocycles. The Morgan fingerprint density at radius 3 is 0.781 bits per heavy atom. The Morgan fingerprint density at radius 1 is 0.328 bits per heavy atom. The van der Waals surface area contributed by atoms with Gasteiger partial charge in [0.2, 0.25) is 0 Å². The van der Waals surface area contributed by atoms with Crippen molar-refractivity contribution in [3.8, 4) is 0 Å². The third-order valence-corrected chi connectivity index (χ3v) is 13.2. The molecule has 0 aliphatic rings. The topological polar surface area (TPSA) is 163 Å². The van der Waals surface area contributed by atoms with Crippen LogP contribution in [0.2, 0.25) is 0 Å². The van der Waals surface area contributed by atoms with E-state index >= 15 is 0 Å². The van der Waals surface area contributed by atoms with Gasteiger partial charge < -0.3 is 28.9 Å². The number of esters is 4. The Morgan fingerprint density at radius 2 is 0.562 bits per heavy atom. The molecule has 64 heavy (non-hydrogen) atoms. The Bertz CT molecular complexity index is 3790. The number of aromatic nitrogens is 4. The van der Waals surface area contributed by atoms with Gasteiger partial charge in [-0.2, -0.15) is 0 Å². The van der Waals surface area contributed by atoms with Gasteiger partial charge in [-0.1, -0.05) is 24.3 Å². The van der Waals surface area contributed by atoms with Gasteiger partial charge >= 0.3 is 23.9 Å². The summed E-state index contributed by atoms with van der Waals surface area (Å²) in [6.07, 6.45) is 0. The van der Waals surface area contributed by atoms with Gasteiger partial charge in [-0.25, -0.2) is 29.1 Å². The van der Waals surface area contributed by atoms with Crippen molar-refractivity contribution in [2.24, 2.45) is 0 Å². The third kappa shape index (κ3) is 4.45. The normalized spacial score (nSPS) is 12.3. The van der Waals surface area contributed by atoms with Crippen molar-refractivity contribution in [3.05, 3.63) is 119 Å². The van der Waals surface area contributed by atoms with E-state index in [9.17, 15) is 19.2 Å². The predicted octanol–water partition coefficient (Wildman–Crippen LogP) is 11.0. The number of H-pyrrole nitrogens is 2. The summed E-state index contributed by atoms with van der Waals surface area (Å²) < 4.78 is 20.7. The molecule has 0 unspecified atom stereocenters. The van der Waals surface area contributed by atoms with Gasteiger partial charge in [-0.15, -0.1) is 0 Å². The second-order valence-electron chi connectivity index (χ2n) is 16.2. The molecular formula is C52H30N4O8. The van der Waals surface area contributed by atoms with Crippen LogP contribution < -0.4 is 0 Å². The molecule has 2 N–H and O–H groups in total. The highest BCUT2D eigenvalue weighted by Gasteiger charge is 2.27. The average Bonchev–Trinajstić information content (AvgIpc) is 4.20. The molecule has 0 saturated heterocycles. The number of ether oxygens (including phenoxy) is 4. The fourth-order valence-corrected chi connectivity index (χ4v) is 10.5. The molecule has 0 aliphatic carbocycles. The Hall–Kier alpha value is -8.64. The Labute approximate surface area is 358 Å². The van der Waals surface area contributed by atoms with Crippen LogP contribution in [0.25, 0.3) is 130 Å². The average molecular weight is 839 g/mol. The number of carbonyl (C=O) groups is 4. The maximum absolute atomic E-state index is 13.1. The van der Waals surface area contributed by atoms with Crippen LogP contribution in [-0.4, -0.2) is 72.3 Å². The molecule has 0 saturated carbocycles. The van der Waals surface area contributed by atoms with Crippen molar-refractivity contribution in [1.82, 2.24) is 19.9 Å². The van der Waals surface area contributed by atoms with E-state index in [1.165, 1.54) is 28.4 Å². The van der Waals surface area contributed by atoms with Crippen molar-refractivity contribution >= 4 is 154 Å². The van der Waals surface area contributed by atoms with E-state index in [2.05, 4.69) is 9.97 Å². The molecule has 306 valence electrons. The Balaban J connectivity index is 1.32. The number of aromatic amines is 2. The van der Waals surface area contributed by atoms with Gasteiger partial charge in [0, 0.05) is 65.2 Å². The lowest BCUT2D eigenvalue weighted by Gasteiger charge is -2.01. The van der Waals surface area contributed by atoms with Crippen molar-refractivity contribution in [1.29, 1.82) is 0 Å². The number of fused-ring (bicyclic) bond motifs is 22. The number of rotatable bonds is 4. The SMILES string of the molecule is COC(=O)c1ccc2c(c1)c1c3nc4c(c5ccc([nH]5)c5c6ccc(C(=O)OC)cc6c6c5nc5c(c7ccc([nH]7)c23)c2ccc(C(=O)OC)cc2c56)c2ccc(C(=O)OC)cc2c41. The summed E-state index contributed by atoms with van der Waals surface area (Å²) in [7, 11) is 5.44. The maximum atomic E-state index is 13.1. The summed E-state index contributed by atoms with van der Waals surface area (Å²) in [5, 5.41) is 13.4. The van der Waals surface area contributed by atoms with E-state index in [0.717, 1.165) is 130 Å². The fraction of sp³-hybridized carbons (Fsp3) is 0.0769. The van der Waals surface area contributed by atoms with Gasteiger partial charge in [0.05, 0.1) is 72.8 Å². The van der Waals surface area contributed by atoms with Crippen LogP contribution >= 0.6 is 0 Å². The molecule has 13 rings (SSSR count). The first-order chi connectivity index (χ1) is 31.2. The first-order valence-electron chi connectivity index (χ1n) is 20.4. The zero-order valence-corrected chi connectivity index (χ0v) is 34.4. The number of hydrogen-bond acceptors (Lipinski definition) is 10. The summed E-state index contributed by atoms with van der Waals surface area (Å²) in [6.45, 7) is 0. The van der Waals surface area contributed by atoms with Crippen LogP contribution in [0.4, 0.5) is 0 Å². The molecule has 5 aromatic heterocycles. The first kappa shape index (κ1) is 36.1. The molecule has 0 spiro atoms. The molecule has 0 amide bonds. The van der Waals surface area contributed by atoms with Gasteiger partial charge in [0.15, 0.2) is 0 Å². The van der Waals surface area contributed by atoms with Crippen LogP contribution in [0.15, 0.2) is 97.1 Å². The van der Waals surface area contributed by atoms with E-state index in [0.29, 0.717) is 22.3 Å². The minimum Gasteiger partial charge on any atom is -0.465 e. The molecule has 8 aromatic carbocycles. The van der Waals surface area contributed by atoms with Gasteiger partial charge in [-0.3, -0.25) is 0 Å². The number of methoxy groups -OCH3 is 4. The summed E-state index contributed by atoms with van der Waals surface area (Å²) >= 11 is 0. The standard InChI is InChI=1S/C52H30N4O8/c1-61-49(57)21-5-9-25-29(17-21)41-42-30-18-22(50(58)62-2)6-10-26(30)38-34-15-16-36(54-34)40-28-12-8-24(52(60)64-4)20-32(28)44-43-31-19-23(51(59)63-3)7-11-27(31)39(47(43)56-48(40)44)35-14-13-33(53-35)37(25)45(41)55-46(38)42/h5-20,53-54H,1-4H3. The minimum atomic E-state index is -0.467. The minimum absolute atomic E-state index is 0.389. The monoisotopic (exact) mass is 838 g/mol. The van der Waals surface area contributed by atoms with Gasteiger partial charge in [0.25, 0.3) is 0 Å². The van der Waals surface area contributed by atoms with Crippen molar-refractivity contribution in [3.63, 3.8) is 0 Å². The predicted molar refractivity (Wildman–Crippen MR) is 249 cm³/mol. The van der Waals surface area contributed by atoms with E-state index in [-0.39, 0.29) is 0 Å². The van der Waals surface area contributed by atoms with E-state index in [4.69, 9.17) is 28.9 Å². The van der Waals surface area contributed by atoms with E-state index in [1.807, 2.05) is 72.8 Å². The number of nitrogens with one attached hydrogen (secondary N) is 2. The van der Waals surface area contributed by atoms with Crippen LogP contribution in [0, 0.1) is 0 Å². The number of carbonyl (C=O) groups excluding carboxylic acids is 4. The second kappa shape index (κ2) is 12.5. The fourth-order valence-electron chi connectivity index (χ4n) is 10.5. The molecule has 0 fully saturated rings.